The smallest absolute Gasteiger partial charge is 0.145 e. The van der Waals surface area contributed by atoms with Crippen LogP contribution in [0, 0.1) is 6.92 Å². The van der Waals surface area contributed by atoms with Crippen LogP contribution in [0.3, 0.4) is 0 Å². The molecule has 0 bridgehead atoms. The number of anilines is 2. The Morgan fingerprint density at radius 3 is 2.59 bits per heavy atom. The highest BCUT2D eigenvalue weighted by Crippen LogP contribution is 2.32. The molecule has 0 saturated heterocycles. The van der Waals surface area contributed by atoms with Crippen LogP contribution in [0.4, 0.5) is 11.6 Å². The lowest BCUT2D eigenvalue weighted by molar-refractivity contribution is 0.214. The topological polar surface area (TPSA) is 96.1 Å². The maximum Gasteiger partial charge on any atom is 0.145 e. The molecular formula is C11H19N5O. The molecule has 0 spiro atoms. The zero-order valence-corrected chi connectivity index (χ0v) is 10.0. The largest absolute Gasteiger partial charge is 0.394 e. The van der Waals surface area contributed by atoms with E-state index in [0.717, 1.165) is 25.7 Å². The zero-order valence-electron chi connectivity index (χ0n) is 10.0. The minimum atomic E-state index is -0.230. The molecular weight excluding hydrogens is 218 g/mol. The highest BCUT2D eigenvalue weighted by molar-refractivity contribution is 5.48. The highest BCUT2D eigenvalue weighted by Gasteiger charge is 2.33. The number of aromatic nitrogens is 2. The van der Waals surface area contributed by atoms with Gasteiger partial charge in [0.25, 0.3) is 0 Å². The van der Waals surface area contributed by atoms with Crippen LogP contribution >= 0.6 is 0 Å². The van der Waals surface area contributed by atoms with E-state index >= 15 is 0 Å². The first-order chi connectivity index (χ1) is 8.17. The summed E-state index contributed by atoms with van der Waals surface area (Å²) in [4.78, 5) is 8.44. The van der Waals surface area contributed by atoms with Crippen LogP contribution in [0.1, 0.15) is 31.5 Å². The van der Waals surface area contributed by atoms with Gasteiger partial charge in [0.05, 0.1) is 12.1 Å². The van der Waals surface area contributed by atoms with Crippen LogP contribution in [0.15, 0.2) is 6.07 Å². The molecule has 0 radical (unpaired) electrons. The van der Waals surface area contributed by atoms with Crippen molar-refractivity contribution in [2.24, 2.45) is 5.84 Å². The Labute approximate surface area is 101 Å². The van der Waals surface area contributed by atoms with Gasteiger partial charge in [-0.1, -0.05) is 12.8 Å². The van der Waals surface area contributed by atoms with Crippen molar-refractivity contribution in [2.45, 2.75) is 38.1 Å². The van der Waals surface area contributed by atoms with E-state index in [-0.39, 0.29) is 12.1 Å². The number of nitrogens with two attached hydrogens (primary N) is 1. The Hall–Kier alpha value is -1.40. The fraction of sp³-hybridized carbons (Fsp3) is 0.636. The summed E-state index contributed by atoms with van der Waals surface area (Å²) in [6.07, 6.45) is 4.22. The van der Waals surface area contributed by atoms with E-state index < -0.39 is 0 Å². The number of hydrazine groups is 1. The van der Waals surface area contributed by atoms with Crippen molar-refractivity contribution >= 4 is 11.6 Å². The van der Waals surface area contributed by atoms with Crippen molar-refractivity contribution in [2.75, 3.05) is 17.3 Å². The number of nitrogens with one attached hydrogen (secondary N) is 2. The molecule has 0 aliphatic heterocycles. The molecule has 0 unspecified atom stereocenters. The van der Waals surface area contributed by atoms with Gasteiger partial charge in [-0.2, -0.15) is 0 Å². The standard InChI is InChI=1S/C11H19N5O/c1-8-13-9(6-10(14-8)16-12)15-11(7-17)4-2-3-5-11/h6,17H,2-5,7,12H2,1H3,(H2,13,14,15,16). The fourth-order valence-electron chi connectivity index (χ4n) is 2.35. The van der Waals surface area contributed by atoms with Gasteiger partial charge < -0.3 is 15.8 Å². The first kappa shape index (κ1) is 12.1. The van der Waals surface area contributed by atoms with Gasteiger partial charge in [0.1, 0.15) is 17.5 Å². The average molecular weight is 237 g/mol. The van der Waals surface area contributed by atoms with Gasteiger partial charge in [-0.25, -0.2) is 15.8 Å². The molecule has 1 saturated carbocycles. The molecule has 1 fully saturated rings. The van der Waals surface area contributed by atoms with Gasteiger partial charge in [-0.3, -0.25) is 0 Å². The summed E-state index contributed by atoms with van der Waals surface area (Å²) in [6, 6.07) is 1.75. The van der Waals surface area contributed by atoms with E-state index in [2.05, 4.69) is 20.7 Å². The molecule has 1 aliphatic rings. The van der Waals surface area contributed by atoms with Crippen molar-refractivity contribution < 1.29 is 5.11 Å². The second-order valence-corrected chi connectivity index (χ2v) is 4.60. The van der Waals surface area contributed by atoms with E-state index in [9.17, 15) is 5.11 Å². The molecule has 1 aromatic rings. The quantitative estimate of drug-likeness (QED) is 0.456. The molecule has 6 nitrogen and oxygen atoms in total. The normalized spacial score (nSPS) is 18.1. The average Bonchev–Trinajstić information content (AvgIpc) is 2.77. The van der Waals surface area contributed by atoms with Crippen molar-refractivity contribution in [3.8, 4) is 0 Å². The summed E-state index contributed by atoms with van der Waals surface area (Å²) in [5.41, 5.74) is 2.28. The van der Waals surface area contributed by atoms with Crippen LogP contribution in [-0.2, 0) is 0 Å². The van der Waals surface area contributed by atoms with Gasteiger partial charge in [0.15, 0.2) is 0 Å². The second kappa shape index (κ2) is 4.85. The lowest BCUT2D eigenvalue weighted by Crippen LogP contribution is -2.39. The van der Waals surface area contributed by atoms with E-state index in [1.807, 2.05) is 6.92 Å². The summed E-state index contributed by atoms with van der Waals surface area (Å²) in [5, 5.41) is 12.9. The minimum absolute atomic E-state index is 0.126. The third-order valence-corrected chi connectivity index (χ3v) is 3.24. The van der Waals surface area contributed by atoms with Crippen molar-refractivity contribution in [3.63, 3.8) is 0 Å². The highest BCUT2D eigenvalue weighted by atomic mass is 16.3. The molecule has 5 N–H and O–H groups in total. The molecule has 1 aromatic heterocycles. The Bertz CT molecular complexity index is 389. The third kappa shape index (κ3) is 2.65. The first-order valence-corrected chi connectivity index (χ1v) is 5.89. The minimum Gasteiger partial charge on any atom is -0.394 e. The number of aliphatic hydroxyl groups excluding tert-OH is 1. The molecule has 1 heterocycles. The summed E-state index contributed by atoms with van der Waals surface area (Å²) in [7, 11) is 0. The Balaban J connectivity index is 2.19. The predicted octanol–water partition coefficient (Wildman–Crippen LogP) is 0.788. The number of nitrogen functional groups attached to an aromatic ring is 1. The Morgan fingerprint density at radius 2 is 2.00 bits per heavy atom. The SMILES string of the molecule is Cc1nc(NN)cc(NC2(CO)CCCC2)n1. The van der Waals surface area contributed by atoms with Gasteiger partial charge in [0, 0.05) is 6.07 Å². The number of aryl methyl sites for hydroxylation is 1. The fourth-order valence-corrected chi connectivity index (χ4v) is 2.35. The van der Waals surface area contributed by atoms with Gasteiger partial charge in [-0.15, -0.1) is 0 Å². The zero-order chi connectivity index (χ0) is 12.3. The molecule has 0 aromatic carbocycles. The van der Waals surface area contributed by atoms with Gasteiger partial charge in [-0.05, 0) is 19.8 Å². The molecule has 6 heteroatoms. The van der Waals surface area contributed by atoms with Crippen LogP contribution in [-0.4, -0.2) is 27.2 Å². The molecule has 2 rings (SSSR count). The van der Waals surface area contributed by atoms with Gasteiger partial charge >= 0.3 is 0 Å². The Morgan fingerprint density at radius 1 is 1.35 bits per heavy atom. The van der Waals surface area contributed by atoms with E-state index in [4.69, 9.17) is 5.84 Å². The maximum absolute atomic E-state index is 9.53. The van der Waals surface area contributed by atoms with Crippen LogP contribution in [0.5, 0.6) is 0 Å². The van der Waals surface area contributed by atoms with E-state index in [1.165, 1.54) is 0 Å². The molecule has 1 aliphatic carbocycles. The summed E-state index contributed by atoms with van der Waals surface area (Å²) < 4.78 is 0. The second-order valence-electron chi connectivity index (χ2n) is 4.60. The Kier molecular flexibility index (Phi) is 3.44. The lowest BCUT2D eigenvalue weighted by Gasteiger charge is -2.28. The molecule has 0 atom stereocenters. The molecule has 94 valence electrons. The number of hydrogen-bond acceptors (Lipinski definition) is 6. The van der Waals surface area contributed by atoms with Crippen molar-refractivity contribution in [1.29, 1.82) is 0 Å². The lowest BCUT2D eigenvalue weighted by atomic mass is 9.99. The monoisotopic (exact) mass is 237 g/mol. The van der Waals surface area contributed by atoms with Crippen molar-refractivity contribution in [1.82, 2.24) is 9.97 Å². The van der Waals surface area contributed by atoms with E-state index in [1.54, 1.807) is 6.07 Å². The van der Waals surface area contributed by atoms with E-state index in [0.29, 0.717) is 17.5 Å². The number of hydrogen-bond donors (Lipinski definition) is 4. The number of nitrogens with zero attached hydrogens (tertiary/aromatic N) is 2. The summed E-state index contributed by atoms with van der Waals surface area (Å²) >= 11 is 0. The summed E-state index contributed by atoms with van der Waals surface area (Å²) in [5.74, 6) is 7.28. The molecule has 0 amide bonds. The van der Waals surface area contributed by atoms with Crippen LogP contribution in [0.2, 0.25) is 0 Å². The first-order valence-electron chi connectivity index (χ1n) is 5.89. The van der Waals surface area contributed by atoms with Crippen molar-refractivity contribution in [3.05, 3.63) is 11.9 Å². The number of rotatable bonds is 4. The summed E-state index contributed by atoms with van der Waals surface area (Å²) in [6.45, 7) is 1.94. The maximum atomic E-state index is 9.53. The van der Waals surface area contributed by atoms with Crippen LogP contribution < -0.4 is 16.6 Å². The van der Waals surface area contributed by atoms with Gasteiger partial charge in [0.2, 0.25) is 0 Å². The predicted molar refractivity (Wildman–Crippen MR) is 66.5 cm³/mol. The van der Waals surface area contributed by atoms with Crippen LogP contribution in [0.25, 0.3) is 0 Å². The third-order valence-electron chi connectivity index (χ3n) is 3.24. The molecule has 17 heavy (non-hydrogen) atoms. The number of aliphatic hydroxyl groups is 1.